The molecule has 0 radical (unpaired) electrons. The summed E-state index contributed by atoms with van der Waals surface area (Å²) in [6.07, 6.45) is 0. The first-order valence-corrected chi connectivity index (χ1v) is 5.89. The van der Waals surface area contributed by atoms with Crippen molar-refractivity contribution < 1.29 is 29.0 Å². The van der Waals surface area contributed by atoms with Gasteiger partial charge in [-0.3, -0.25) is 14.5 Å². The van der Waals surface area contributed by atoms with Crippen LogP contribution in [-0.2, 0) is 23.9 Å². The molecular weight excluding hydrogens is 256 g/mol. The average Bonchev–Trinajstić information content (AvgIpc) is 2.38. The van der Waals surface area contributed by atoms with Gasteiger partial charge in [-0.15, -0.1) is 0 Å². The molecule has 108 valence electrons. The van der Waals surface area contributed by atoms with Crippen LogP contribution >= 0.6 is 0 Å². The van der Waals surface area contributed by atoms with Crippen molar-refractivity contribution in [2.24, 2.45) is 0 Å². The molecule has 1 rings (SSSR count). The Kier molecular flexibility index (Phi) is 6.23. The highest BCUT2D eigenvalue weighted by molar-refractivity contribution is 5.78. The number of carboxylic acid groups (broad SMARTS) is 1. The van der Waals surface area contributed by atoms with E-state index in [1.807, 2.05) is 4.90 Å². The summed E-state index contributed by atoms with van der Waals surface area (Å²) in [7, 11) is 1.34. The molecule has 1 aliphatic rings. The Morgan fingerprint density at radius 3 is 2.26 bits per heavy atom. The van der Waals surface area contributed by atoms with Crippen molar-refractivity contribution in [3.05, 3.63) is 0 Å². The van der Waals surface area contributed by atoms with Gasteiger partial charge in [-0.25, -0.2) is 4.79 Å². The van der Waals surface area contributed by atoms with Crippen LogP contribution in [0.4, 0.5) is 0 Å². The molecule has 0 aliphatic carbocycles. The summed E-state index contributed by atoms with van der Waals surface area (Å²) in [5, 5.41) is 8.38. The third-order valence-corrected chi connectivity index (χ3v) is 2.76. The third kappa shape index (κ3) is 5.66. The van der Waals surface area contributed by atoms with Gasteiger partial charge in [0.2, 0.25) is 5.91 Å². The van der Waals surface area contributed by atoms with Gasteiger partial charge in [-0.05, 0) is 0 Å². The van der Waals surface area contributed by atoms with Crippen LogP contribution in [-0.4, -0.2) is 85.8 Å². The van der Waals surface area contributed by atoms with Gasteiger partial charge in [-0.1, -0.05) is 0 Å². The second kappa shape index (κ2) is 7.70. The van der Waals surface area contributed by atoms with Gasteiger partial charge in [-0.2, -0.15) is 0 Å². The molecule has 0 aromatic carbocycles. The van der Waals surface area contributed by atoms with E-state index >= 15 is 0 Å². The second-order valence-electron chi connectivity index (χ2n) is 4.12. The van der Waals surface area contributed by atoms with E-state index in [4.69, 9.17) is 9.84 Å². The van der Waals surface area contributed by atoms with E-state index in [1.54, 1.807) is 4.90 Å². The summed E-state index contributed by atoms with van der Waals surface area (Å²) in [5.41, 5.74) is 0. The zero-order valence-electron chi connectivity index (χ0n) is 10.8. The van der Waals surface area contributed by atoms with E-state index in [0.717, 1.165) is 0 Å². The Hall–Kier alpha value is -1.67. The average molecular weight is 274 g/mol. The number of piperazine rings is 1. The highest BCUT2D eigenvalue weighted by atomic mass is 16.5. The predicted molar refractivity (Wildman–Crippen MR) is 63.5 cm³/mol. The van der Waals surface area contributed by atoms with Crippen LogP contribution in [0.5, 0.6) is 0 Å². The van der Waals surface area contributed by atoms with Crippen LogP contribution in [0.3, 0.4) is 0 Å². The molecule has 1 heterocycles. The number of rotatable bonds is 6. The Morgan fingerprint density at radius 1 is 1.11 bits per heavy atom. The second-order valence-corrected chi connectivity index (χ2v) is 4.12. The summed E-state index contributed by atoms with van der Waals surface area (Å²) in [6, 6.07) is 0. The highest BCUT2D eigenvalue weighted by Crippen LogP contribution is 2.02. The number of esters is 1. The van der Waals surface area contributed by atoms with Gasteiger partial charge < -0.3 is 19.5 Å². The Labute approximate surface area is 110 Å². The largest absolute Gasteiger partial charge is 0.480 e. The molecule has 8 nitrogen and oxygen atoms in total. The van der Waals surface area contributed by atoms with Crippen LogP contribution in [0.1, 0.15) is 0 Å². The Bertz CT molecular complexity index is 338. The van der Waals surface area contributed by atoms with Crippen molar-refractivity contribution in [1.82, 2.24) is 9.80 Å². The maximum Gasteiger partial charge on any atom is 0.329 e. The van der Waals surface area contributed by atoms with Crippen molar-refractivity contribution in [3.63, 3.8) is 0 Å². The molecule has 0 spiro atoms. The minimum atomic E-state index is -1.10. The van der Waals surface area contributed by atoms with Crippen LogP contribution in [0.15, 0.2) is 0 Å². The quantitative estimate of drug-likeness (QED) is 0.583. The van der Waals surface area contributed by atoms with Gasteiger partial charge in [0, 0.05) is 26.2 Å². The van der Waals surface area contributed by atoms with Crippen LogP contribution < -0.4 is 0 Å². The molecule has 0 bridgehead atoms. The number of nitrogens with zero attached hydrogens (tertiary/aromatic N) is 2. The van der Waals surface area contributed by atoms with E-state index in [-0.39, 0.29) is 25.0 Å². The van der Waals surface area contributed by atoms with Gasteiger partial charge in [0.05, 0.1) is 13.7 Å². The Balaban J connectivity index is 2.23. The molecule has 1 fully saturated rings. The smallest absolute Gasteiger partial charge is 0.329 e. The zero-order chi connectivity index (χ0) is 14.3. The number of hydrogen-bond acceptors (Lipinski definition) is 6. The molecule has 8 heteroatoms. The third-order valence-electron chi connectivity index (χ3n) is 2.76. The number of carbonyl (C=O) groups is 3. The van der Waals surface area contributed by atoms with E-state index < -0.39 is 12.6 Å². The molecule has 19 heavy (non-hydrogen) atoms. The van der Waals surface area contributed by atoms with Crippen LogP contribution in [0.25, 0.3) is 0 Å². The van der Waals surface area contributed by atoms with E-state index in [0.29, 0.717) is 26.2 Å². The summed E-state index contributed by atoms with van der Waals surface area (Å²) in [6.45, 7) is 1.66. The fourth-order valence-corrected chi connectivity index (χ4v) is 1.72. The maximum atomic E-state index is 11.7. The number of aliphatic carboxylic acids is 1. The summed E-state index contributed by atoms with van der Waals surface area (Å²) in [4.78, 5) is 36.5. The van der Waals surface area contributed by atoms with Gasteiger partial charge in [0.25, 0.3) is 0 Å². The van der Waals surface area contributed by atoms with E-state index in [9.17, 15) is 14.4 Å². The number of ether oxygens (including phenoxy) is 2. The maximum absolute atomic E-state index is 11.7. The Morgan fingerprint density at radius 2 is 1.74 bits per heavy atom. The van der Waals surface area contributed by atoms with Crippen molar-refractivity contribution in [1.29, 1.82) is 0 Å². The summed E-state index contributed by atoms with van der Waals surface area (Å²) < 4.78 is 9.31. The first kappa shape index (κ1) is 15.4. The lowest BCUT2D eigenvalue weighted by molar-refractivity contribution is -0.146. The molecule has 0 saturated carbocycles. The number of carboxylic acids is 1. The lowest BCUT2D eigenvalue weighted by Gasteiger charge is -2.33. The monoisotopic (exact) mass is 274 g/mol. The molecule has 1 aliphatic heterocycles. The van der Waals surface area contributed by atoms with Gasteiger partial charge in [0.1, 0.15) is 13.2 Å². The fraction of sp³-hybridized carbons (Fsp3) is 0.727. The normalized spacial score (nSPS) is 16.2. The molecule has 0 aromatic rings. The standard InChI is InChI=1S/C11H18N2O6/c1-18-11(17)6-12-2-4-13(5-3-12)9(14)7-19-8-10(15)16/h2-8H2,1H3,(H,15,16). The lowest BCUT2D eigenvalue weighted by atomic mass is 10.3. The predicted octanol–water partition coefficient (Wildman–Crippen LogP) is -1.60. The first-order chi connectivity index (χ1) is 9.02. The van der Waals surface area contributed by atoms with Crippen molar-refractivity contribution >= 4 is 17.8 Å². The molecule has 1 amide bonds. The van der Waals surface area contributed by atoms with Gasteiger partial charge in [0.15, 0.2) is 0 Å². The molecule has 0 unspecified atom stereocenters. The van der Waals surface area contributed by atoms with Crippen molar-refractivity contribution in [2.75, 3.05) is 53.0 Å². The summed E-state index contributed by atoms with van der Waals surface area (Å²) in [5.74, 6) is -1.64. The number of amides is 1. The van der Waals surface area contributed by atoms with E-state index in [1.165, 1.54) is 7.11 Å². The number of hydrogen-bond donors (Lipinski definition) is 1. The van der Waals surface area contributed by atoms with Crippen LogP contribution in [0.2, 0.25) is 0 Å². The molecule has 1 saturated heterocycles. The number of methoxy groups -OCH3 is 1. The molecular formula is C11H18N2O6. The SMILES string of the molecule is COC(=O)CN1CCN(C(=O)COCC(=O)O)CC1. The zero-order valence-corrected chi connectivity index (χ0v) is 10.8. The van der Waals surface area contributed by atoms with Crippen molar-refractivity contribution in [3.8, 4) is 0 Å². The van der Waals surface area contributed by atoms with E-state index in [2.05, 4.69) is 4.74 Å². The fourth-order valence-electron chi connectivity index (χ4n) is 1.72. The van der Waals surface area contributed by atoms with Gasteiger partial charge >= 0.3 is 11.9 Å². The molecule has 1 N–H and O–H groups in total. The summed E-state index contributed by atoms with van der Waals surface area (Å²) >= 11 is 0. The molecule has 0 aromatic heterocycles. The first-order valence-electron chi connectivity index (χ1n) is 5.89. The minimum absolute atomic E-state index is 0.216. The lowest BCUT2D eigenvalue weighted by Crippen LogP contribution is -2.50. The highest BCUT2D eigenvalue weighted by Gasteiger charge is 2.22. The molecule has 0 atom stereocenters. The topological polar surface area (TPSA) is 96.4 Å². The minimum Gasteiger partial charge on any atom is -0.480 e. The van der Waals surface area contributed by atoms with Crippen LogP contribution in [0, 0.1) is 0 Å². The number of carbonyl (C=O) groups excluding carboxylic acids is 2. The van der Waals surface area contributed by atoms with Crippen molar-refractivity contribution in [2.45, 2.75) is 0 Å².